The second-order valence-corrected chi connectivity index (χ2v) is 9.12. The van der Waals surface area contributed by atoms with Crippen molar-refractivity contribution in [2.24, 2.45) is 11.3 Å². The van der Waals surface area contributed by atoms with Gasteiger partial charge in [-0.1, -0.05) is 13.3 Å². The number of hydrogen-bond acceptors (Lipinski definition) is 5. The van der Waals surface area contributed by atoms with E-state index >= 15 is 0 Å². The molecule has 2 aliphatic heterocycles. The summed E-state index contributed by atoms with van der Waals surface area (Å²) in [5.41, 5.74) is -0.0753. The van der Waals surface area contributed by atoms with E-state index in [0.29, 0.717) is 38.8 Å². The number of carbonyl (C=O) groups excluding carboxylic acids is 4. The van der Waals surface area contributed by atoms with Gasteiger partial charge in [-0.15, -0.1) is 13.2 Å². The van der Waals surface area contributed by atoms with Crippen molar-refractivity contribution in [3.63, 3.8) is 0 Å². The lowest BCUT2D eigenvalue weighted by Gasteiger charge is -2.27. The second-order valence-electron chi connectivity index (χ2n) is 9.12. The summed E-state index contributed by atoms with van der Waals surface area (Å²) in [6.45, 7) is 1.59. The molecule has 2 saturated heterocycles. The van der Waals surface area contributed by atoms with Gasteiger partial charge in [0.2, 0.25) is 17.7 Å². The average molecular weight is 461 g/mol. The number of carbonyl (C=O) groups is 4. The van der Waals surface area contributed by atoms with Crippen LogP contribution in [0.15, 0.2) is 0 Å². The number of rotatable bonds is 10. The molecule has 3 aliphatic rings. The van der Waals surface area contributed by atoms with Crippen LogP contribution in [0.4, 0.5) is 13.2 Å². The zero-order chi connectivity index (χ0) is 23.5. The molecule has 1 aliphatic carbocycles. The van der Waals surface area contributed by atoms with E-state index in [4.69, 9.17) is 0 Å². The van der Waals surface area contributed by atoms with Gasteiger partial charge in [-0.3, -0.25) is 23.9 Å². The summed E-state index contributed by atoms with van der Waals surface area (Å²) in [6.07, 6.45) is -0.519. The first-order chi connectivity index (χ1) is 15.0. The number of likely N-dealkylation sites (tertiary alicyclic amines) is 1. The Kier molecular flexibility index (Phi) is 7.46. The number of halogens is 3. The lowest BCUT2D eigenvalue weighted by Crippen LogP contribution is -2.52. The zero-order valence-electron chi connectivity index (χ0n) is 18.1. The van der Waals surface area contributed by atoms with Crippen molar-refractivity contribution < 1.29 is 37.1 Å². The molecule has 0 bridgehead atoms. The third-order valence-corrected chi connectivity index (χ3v) is 6.60. The molecule has 2 heterocycles. The molecular weight excluding hydrogens is 431 g/mol. The van der Waals surface area contributed by atoms with E-state index in [0.717, 1.165) is 19.3 Å². The number of nitrogens with one attached hydrogen (secondary N) is 2. The molecule has 1 unspecified atom stereocenters. The summed E-state index contributed by atoms with van der Waals surface area (Å²) < 4.78 is 40.9. The van der Waals surface area contributed by atoms with Gasteiger partial charge in [-0.2, -0.15) is 0 Å². The number of Topliss-reactive ketones (excluding diaryl/α,β-unsaturated/α-hetero) is 1. The summed E-state index contributed by atoms with van der Waals surface area (Å²) in [5, 5.41) is 5.15. The maximum atomic E-state index is 13.1. The van der Waals surface area contributed by atoms with Crippen molar-refractivity contribution in [2.45, 2.75) is 76.7 Å². The molecular formula is C21H30F3N3O5. The number of alkyl halides is 3. The van der Waals surface area contributed by atoms with E-state index in [9.17, 15) is 32.3 Å². The van der Waals surface area contributed by atoms with Crippen LogP contribution in [0.3, 0.4) is 0 Å². The Morgan fingerprint density at radius 2 is 2.03 bits per heavy atom. The summed E-state index contributed by atoms with van der Waals surface area (Å²) in [7, 11) is 0. The number of ketones is 1. The topological polar surface area (TPSA) is 105 Å². The zero-order valence-corrected chi connectivity index (χ0v) is 18.1. The lowest BCUT2D eigenvalue weighted by molar-refractivity contribution is -0.321. The van der Waals surface area contributed by atoms with Gasteiger partial charge < -0.3 is 15.5 Å². The van der Waals surface area contributed by atoms with Crippen LogP contribution < -0.4 is 10.6 Å². The van der Waals surface area contributed by atoms with E-state index in [1.807, 2.05) is 6.92 Å². The number of nitrogens with zero attached hydrogens (tertiary/aromatic N) is 1. The van der Waals surface area contributed by atoms with Crippen molar-refractivity contribution in [1.82, 2.24) is 15.5 Å². The van der Waals surface area contributed by atoms with Gasteiger partial charge in [0.1, 0.15) is 12.6 Å². The minimum absolute atomic E-state index is 0.0753. The molecule has 180 valence electrons. The molecule has 2 N–H and O–H groups in total. The first-order valence-corrected chi connectivity index (χ1v) is 11.1. The highest BCUT2D eigenvalue weighted by Gasteiger charge is 2.55. The minimum atomic E-state index is -4.98. The molecule has 1 spiro atoms. The summed E-state index contributed by atoms with van der Waals surface area (Å²) in [5.74, 6) is -2.55. The van der Waals surface area contributed by atoms with Crippen molar-refractivity contribution in [1.29, 1.82) is 0 Å². The van der Waals surface area contributed by atoms with Gasteiger partial charge in [-0.25, -0.2) is 0 Å². The molecule has 3 amide bonds. The molecule has 1 saturated carbocycles. The van der Waals surface area contributed by atoms with Crippen LogP contribution in [0.25, 0.3) is 0 Å². The Bertz CT molecular complexity index is 753. The highest BCUT2D eigenvalue weighted by atomic mass is 19.4. The predicted molar refractivity (Wildman–Crippen MR) is 106 cm³/mol. The molecule has 0 radical (unpaired) electrons. The van der Waals surface area contributed by atoms with Crippen molar-refractivity contribution in [3.8, 4) is 0 Å². The van der Waals surface area contributed by atoms with Gasteiger partial charge in [0.25, 0.3) is 0 Å². The minimum Gasteiger partial charge on any atom is -0.356 e. The van der Waals surface area contributed by atoms with Gasteiger partial charge in [0.15, 0.2) is 5.78 Å². The molecule has 3 rings (SSSR count). The lowest BCUT2D eigenvalue weighted by atomic mass is 9.95. The Morgan fingerprint density at radius 3 is 2.59 bits per heavy atom. The SMILES string of the molecule is CCCCC(=O)N1CC2(CC2)C[C@H]1C(=O)NC(C[C@@H]1CCNC1=O)C(=O)COC(F)(F)F. The molecule has 32 heavy (non-hydrogen) atoms. The standard InChI is InChI=1S/C21H30F3N3O5/c1-2-3-4-17(29)27-12-20(6-7-20)10-15(27)19(31)26-14(9-13-5-8-25-18(13)30)16(28)11-32-21(22,23)24/h13-15H,2-12H2,1H3,(H,25,30)(H,26,31)/t13-,14?,15-/m0/s1. The van der Waals surface area contributed by atoms with E-state index in [2.05, 4.69) is 15.4 Å². The number of unbranched alkanes of at least 4 members (excludes halogenated alkanes) is 1. The fourth-order valence-electron chi connectivity index (χ4n) is 4.51. The molecule has 3 atom stereocenters. The highest BCUT2D eigenvalue weighted by molar-refractivity contribution is 5.94. The monoisotopic (exact) mass is 461 g/mol. The van der Waals surface area contributed by atoms with Crippen LogP contribution in [0, 0.1) is 11.3 Å². The first-order valence-electron chi connectivity index (χ1n) is 11.1. The van der Waals surface area contributed by atoms with Crippen molar-refractivity contribution in [2.75, 3.05) is 19.7 Å². The molecule has 3 fully saturated rings. The van der Waals surface area contributed by atoms with Crippen LogP contribution >= 0.6 is 0 Å². The van der Waals surface area contributed by atoms with Gasteiger partial charge in [-0.05, 0) is 43.9 Å². The van der Waals surface area contributed by atoms with E-state index in [1.54, 1.807) is 4.90 Å². The maximum Gasteiger partial charge on any atom is 0.522 e. The molecule has 8 nitrogen and oxygen atoms in total. The van der Waals surface area contributed by atoms with Crippen LogP contribution in [0.2, 0.25) is 0 Å². The molecule has 0 aromatic carbocycles. The maximum absolute atomic E-state index is 13.1. The average Bonchev–Trinajstić information content (AvgIpc) is 3.18. The first kappa shape index (κ1) is 24.5. The quantitative estimate of drug-likeness (QED) is 0.515. The van der Waals surface area contributed by atoms with Crippen LogP contribution in [0.1, 0.15) is 58.3 Å². The van der Waals surface area contributed by atoms with Gasteiger partial charge >= 0.3 is 6.36 Å². The number of amides is 3. The summed E-state index contributed by atoms with van der Waals surface area (Å²) in [4.78, 5) is 51.7. The molecule has 11 heteroatoms. The molecule has 0 aromatic rings. The van der Waals surface area contributed by atoms with Crippen LogP contribution in [-0.2, 0) is 23.9 Å². The van der Waals surface area contributed by atoms with Crippen molar-refractivity contribution >= 4 is 23.5 Å². The summed E-state index contributed by atoms with van der Waals surface area (Å²) >= 11 is 0. The fourth-order valence-corrected chi connectivity index (χ4v) is 4.51. The van der Waals surface area contributed by atoms with Gasteiger partial charge in [0, 0.05) is 25.4 Å². The Morgan fingerprint density at radius 1 is 1.31 bits per heavy atom. The highest BCUT2D eigenvalue weighted by Crippen LogP contribution is 2.55. The second kappa shape index (κ2) is 9.76. The Balaban J connectivity index is 1.70. The molecule has 0 aromatic heterocycles. The third-order valence-electron chi connectivity index (χ3n) is 6.60. The fraction of sp³-hybridized carbons (Fsp3) is 0.810. The smallest absolute Gasteiger partial charge is 0.356 e. The van der Waals surface area contributed by atoms with E-state index in [-0.39, 0.29) is 23.7 Å². The largest absolute Gasteiger partial charge is 0.522 e. The van der Waals surface area contributed by atoms with Gasteiger partial charge in [0.05, 0.1) is 6.04 Å². The normalized spacial score (nSPS) is 25.0. The Hall–Kier alpha value is -2.17. The number of ether oxygens (including phenoxy) is 1. The van der Waals surface area contributed by atoms with E-state index in [1.165, 1.54) is 0 Å². The van der Waals surface area contributed by atoms with E-state index < -0.39 is 42.7 Å². The van der Waals surface area contributed by atoms with Crippen LogP contribution in [0.5, 0.6) is 0 Å². The van der Waals surface area contributed by atoms with Crippen LogP contribution in [-0.4, -0.2) is 66.5 Å². The third kappa shape index (κ3) is 6.20. The predicted octanol–water partition coefficient (Wildman–Crippen LogP) is 1.67. The Labute approximate surface area is 184 Å². The summed E-state index contributed by atoms with van der Waals surface area (Å²) in [6, 6.07) is -2.07. The number of hydrogen-bond donors (Lipinski definition) is 2. The van der Waals surface area contributed by atoms with Crippen molar-refractivity contribution in [3.05, 3.63) is 0 Å².